The van der Waals surface area contributed by atoms with Crippen LogP contribution in [0, 0.1) is 0 Å². The fourth-order valence-corrected chi connectivity index (χ4v) is 4.91. The second-order valence-corrected chi connectivity index (χ2v) is 8.88. The minimum Gasteiger partial charge on any atom is -0.339 e. The van der Waals surface area contributed by atoms with E-state index in [4.69, 9.17) is 0 Å². The SMILES string of the molecule is O=C(NNC(=O)c1csc(C2CCN(C(=O)c3ccccc3C(F)(F)F)CC2)n1)c1csnn1. The summed E-state index contributed by atoms with van der Waals surface area (Å²) < 4.78 is 43.3. The van der Waals surface area contributed by atoms with E-state index in [1.165, 1.54) is 39.8 Å². The molecule has 0 saturated carbocycles. The van der Waals surface area contributed by atoms with Gasteiger partial charge in [-0.25, -0.2) is 4.98 Å². The standard InChI is InChI=1S/C20H17F3N6O3S2/c21-20(22,23)13-4-2-1-3-12(13)19(32)29-7-5-11(6-8-29)18-24-14(9-33-18)16(30)26-27-17(31)15-10-34-28-25-15/h1-4,9-11H,5-8H2,(H,26,30)(H,27,31). The van der Waals surface area contributed by atoms with E-state index >= 15 is 0 Å². The number of halogens is 3. The number of thiazole rings is 1. The molecule has 0 atom stereocenters. The summed E-state index contributed by atoms with van der Waals surface area (Å²) in [5.74, 6) is -1.90. The van der Waals surface area contributed by atoms with Crippen LogP contribution in [0.3, 0.4) is 0 Å². The normalized spacial score (nSPS) is 14.6. The second kappa shape index (κ2) is 9.85. The molecule has 14 heteroatoms. The number of benzene rings is 1. The van der Waals surface area contributed by atoms with Crippen molar-refractivity contribution < 1.29 is 27.6 Å². The largest absolute Gasteiger partial charge is 0.417 e. The molecule has 3 heterocycles. The molecule has 0 radical (unpaired) electrons. The van der Waals surface area contributed by atoms with Gasteiger partial charge in [-0.15, -0.1) is 16.4 Å². The average Bonchev–Trinajstić information content (AvgIpc) is 3.54. The van der Waals surface area contributed by atoms with Gasteiger partial charge < -0.3 is 4.90 Å². The van der Waals surface area contributed by atoms with Crippen LogP contribution >= 0.6 is 22.9 Å². The number of hydrazine groups is 1. The number of alkyl halides is 3. The summed E-state index contributed by atoms with van der Waals surface area (Å²) in [5.41, 5.74) is 3.37. The Morgan fingerprint density at radius 1 is 1.00 bits per heavy atom. The van der Waals surface area contributed by atoms with E-state index in [2.05, 4.69) is 25.4 Å². The van der Waals surface area contributed by atoms with Gasteiger partial charge in [-0.3, -0.25) is 25.2 Å². The maximum absolute atomic E-state index is 13.3. The monoisotopic (exact) mass is 510 g/mol. The Morgan fingerprint density at radius 2 is 1.68 bits per heavy atom. The minimum absolute atomic E-state index is 0.0378. The molecule has 2 N–H and O–H groups in total. The molecule has 2 aromatic heterocycles. The van der Waals surface area contributed by atoms with E-state index in [9.17, 15) is 27.6 Å². The maximum Gasteiger partial charge on any atom is 0.417 e. The molecule has 1 aromatic carbocycles. The molecule has 3 aromatic rings. The van der Waals surface area contributed by atoms with Crippen LogP contribution in [0.15, 0.2) is 35.0 Å². The molecular formula is C20H17F3N6O3S2. The van der Waals surface area contributed by atoms with Crippen LogP contribution in [0.25, 0.3) is 0 Å². The van der Waals surface area contributed by atoms with Gasteiger partial charge in [-0.05, 0) is 36.5 Å². The summed E-state index contributed by atoms with van der Waals surface area (Å²) in [5, 5.41) is 7.26. The number of carbonyl (C=O) groups excluding carboxylic acids is 3. The van der Waals surface area contributed by atoms with Crippen LogP contribution in [0.2, 0.25) is 0 Å². The van der Waals surface area contributed by atoms with Gasteiger partial charge in [-0.2, -0.15) is 13.2 Å². The molecule has 0 aliphatic carbocycles. The maximum atomic E-state index is 13.3. The third kappa shape index (κ3) is 5.22. The van der Waals surface area contributed by atoms with E-state index in [1.54, 1.807) is 5.38 Å². The Balaban J connectivity index is 1.33. The lowest BCUT2D eigenvalue weighted by Crippen LogP contribution is -2.42. The highest BCUT2D eigenvalue weighted by atomic mass is 32.1. The van der Waals surface area contributed by atoms with Crippen molar-refractivity contribution >= 4 is 40.6 Å². The van der Waals surface area contributed by atoms with Crippen molar-refractivity contribution in [2.45, 2.75) is 24.9 Å². The number of hydrogen-bond donors (Lipinski definition) is 2. The third-order valence-electron chi connectivity index (χ3n) is 5.23. The molecule has 9 nitrogen and oxygen atoms in total. The highest BCUT2D eigenvalue weighted by Gasteiger charge is 2.36. The van der Waals surface area contributed by atoms with E-state index in [1.807, 2.05) is 0 Å². The number of amides is 3. The first-order valence-corrected chi connectivity index (χ1v) is 11.7. The summed E-state index contributed by atoms with van der Waals surface area (Å²) in [6.07, 6.45) is -3.61. The predicted molar refractivity (Wildman–Crippen MR) is 116 cm³/mol. The van der Waals surface area contributed by atoms with Gasteiger partial charge in [0, 0.05) is 29.8 Å². The Kier molecular flexibility index (Phi) is 6.88. The summed E-state index contributed by atoms with van der Waals surface area (Å²) >= 11 is 2.27. The number of aromatic nitrogens is 3. The van der Waals surface area contributed by atoms with Crippen LogP contribution in [-0.4, -0.2) is 50.3 Å². The smallest absolute Gasteiger partial charge is 0.339 e. The number of carbonyl (C=O) groups is 3. The van der Waals surface area contributed by atoms with E-state index < -0.39 is 29.5 Å². The van der Waals surface area contributed by atoms with Crippen LogP contribution in [0.1, 0.15) is 60.7 Å². The summed E-state index contributed by atoms with van der Waals surface area (Å²) in [4.78, 5) is 42.6. The molecule has 0 bridgehead atoms. The Bertz CT molecular complexity index is 1190. The van der Waals surface area contributed by atoms with Gasteiger partial charge in [0.25, 0.3) is 17.7 Å². The fraction of sp³-hybridized carbons (Fsp3) is 0.300. The molecule has 34 heavy (non-hydrogen) atoms. The van der Waals surface area contributed by atoms with Crippen molar-refractivity contribution in [2.24, 2.45) is 0 Å². The van der Waals surface area contributed by atoms with E-state index in [0.717, 1.165) is 17.6 Å². The number of rotatable bonds is 4. The summed E-state index contributed by atoms with van der Waals surface area (Å²) in [7, 11) is 0. The third-order valence-corrected chi connectivity index (χ3v) is 6.74. The van der Waals surface area contributed by atoms with Crippen molar-refractivity contribution in [2.75, 3.05) is 13.1 Å². The topological polar surface area (TPSA) is 117 Å². The van der Waals surface area contributed by atoms with Crippen molar-refractivity contribution in [1.29, 1.82) is 0 Å². The molecule has 3 amide bonds. The first kappa shape index (κ1) is 23.8. The molecule has 0 spiro atoms. The zero-order chi connectivity index (χ0) is 24.3. The van der Waals surface area contributed by atoms with Crippen molar-refractivity contribution in [3.05, 3.63) is 62.5 Å². The van der Waals surface area contributed by atoms with Crippen molar-refractivity contribution in [3.63, 3.8) is 0 Å². The van der Waals surface area contributed by atoms with Gasteiger partial charge in [0.05, 0.1) is 16.1 Å². The highest BCUT2D eigenvalue weighted by Crippen LogP contribution is 2.34. The molecule has 1 aliphatic rings. The first-order chi connectivity index (χ1) is 16.2. The van der Waals surface area contributed by atoms with Crippen LogP contribution in [0.5, 0.6) is 0 Å². The number of hydrogen-bond acceptors (Lipinski definition) is 8. The number of nitrogens with zero attached hydrogens (tertiary/aromatic N) is 4. The van der Waals surface area contributed by atoms with E-state index in [-0.39, 0.29) is 36.0 Å². The molecule has 1 saturated heterocycles. The Morgan fingerprint density at radius 3 is 2.32 bits per heavy atom. The lowest BCUT2D eigenvalue weighted by molar-refractivity contribution is -0.138. The lowest BCUT2D eigenvalue weighted by atomic mass is 9.96. The summed E-state index contributed by atoms with van der Waals surface area (Å²) in [6, 6.07) is 4.75. The predicted octanol–water partition coefficient (Wildman–Crippen LogP) is 3.11. The van der Waals surface area contributed by atoms with Crippen LogP contribution < -0.4 is 10.9 Å². The van der Waals surface area contributed by atoms with Crippen molar-refractivity contribution in [3.8, 4) is 0 Å². The number of nitrogens with one attached hydrogen (secondary N) is 2. The zero-order valence-corrected chi connectivity index (χ0v) is 19.0. The fourth-order valence-electron chi connectivity index (χ4n) is 3.50. The molecule has 1 aliphatic heterocycles. The molecular weight excluding hydrogens is 493 g/mol. The lowest BCUT2D eigenvalue weighted by Gasteiger charge is -2.31. The van der Waals surface area contributed by atoms with E-state index in [0.29, 0.717) is 17.8 Å². The number of likely N-dealkylation sites (tertiary alicyclic amines) is 1. The Hall–Kier alpha value is -3.39. The van der Waals surface area contributed by atoms with Gasteiger partial charge >= 0.3 is 6.18 Å². The molecule has 1 fully saturated rings. The highest BCUT2D eigenvalue weighted by molar-refractivity contribution is 7.10. The van der Waals surface area contributed by atoms with Gasteiger partial charge in [-0.1, -0.05) is 16.6 Å². The van der Waals surface area contributed by atoms with Crippen LogP contribution in [-0.2, 0) is 6.18 Å². The average molecular weight is 511 g/mol. The molecule has 4 rings (SSSR count). The van der Waals surface area contributed by atoms with Crippen LogP contribution in [0.4, 0.5) is 13.2 Å². The Labute approximate surface area is 199 Å². The molecule has 178 valence electrons. The van der Waals surface area contributed by atoms with Gasteiger partial charge in [0.2, 0.25) is 0 Å². The zero-order valence-electron chi connectivity index (χ0n) is 17.3. The molecule has 0 unspecified atom stereocenters. The quantitative estimate of drug-likeness (QED) is 0.521. The minimum atomic E-state index is -4.61. The first-order valence-electron chi connectivity index (χ1n) is 10.0. The summed E-state index contributed by atoms with van der Waals surface area (Å²) in [6.45, 7) is 0.545. The van der Waals surface area contributed by atoms with Gasteiger partial charge in [0.1, 0.15) is 5.69 Å². The second-order valence-electron chi connectivity index (χ2n) is 7.38. The number of piperidine rings is 1. The van der Waals surface area contributed by atoms with Gasteiger partial charge in [0.15, 0.2) is 5.69 Å². The van der Waals surface area contributed by atoms with Crippen molar-refractivity contribution in [1.82, 2.24) is 30.3 Å².